The van der Waals surface area contributed by atoms with Gasteiger partial charge in [-0.2, -0.15) is 0 Å². The molecule has 2 aromatic carbocycles. The molecular weight excluding hydrogens is 369 g/mol. The van der Waals surface area contributed by atoms with E-state index in [4.69, 9.17) is 9.84 Å². The number of phenolic OH excluding ortho intramolecular Hbond substituents is 1. The van der Waals surface area contributed by atoms with Crippen LogP contribution in [0.3, 0.4) is 0 Å². The molecule has 1 amide bonds. The van der Waals surface area contributed by atoms with Gasteiger partial charge in [0.05, 0.1) is 0 Å². The Morgan fingerprint density at radius 1 is 1.18 bits per heavy atom. The summed E-state index contributed by atoms with van der Waals surface area (Å²) in [5, 5.41) is 21.3. The predicted octanol–water partition coefficient (Wildman–Crippen LogP) is 1.24. The van der Waals surface area contributed by atoms with E-state index in [9.17, 15) is 14.7 Å². The van der Waals surface area contributed by atoms with Crippen molar-refractivity contribution in [1.82, 2.24) is 0 Å². The second-order valence-electron chi connectivity index (χ2n) is 7.12. The van der Waals surface area contributed by atoms with Gasteiger partial charge in [-0.15, -0.1) is 0 Å². The molecule has 3 rings (SSSR count). The number of aliphatic carboxylic acids is 1. The number of anilines is 1. The first-order valence-corrected chi connectivity index (χ1v) is 8.98. The van der Waals surface area contributed by atoms with Gasteiger partial charge in [0.15, 0.2) is 0 Å². The zero-order chi connectivity index (χ0) is 19.7. The normalized spacial score (nSPS) is 12.3. The van der Waals surface area contributed by atoms with Gasteiger partial charge in [0, 0.05) is 16.8 Å². The Hall–Kier alpha value is -2.02. The van der Waals surface area contributed by atoms with Crippen LogP contribution in [0.15, 0.2) is 24.3 Å². The molecule has 6 nitrogen and oxygen atoms in total. The summed E-state index contributed by atoms with van der Waals surface area (Å²) in [6.45, 7) is 5.87. The van der Waals surface area contributed by atoms with E-state index in [-0.39, 0.29) is 42.7 Å². The van der Waals surface area contributed by atoms with Crippen LogP contribution in [-0.4, -0.2) is 22.1 Å². The molecule has 28 heavy (non-hydrogen) atoms. The van der Waals surface area contributed by atoms with E-state index >= 15 is 0 Å². The van der Waals surface area contributed by atoms with Crippen molar-refractivity contribution in [1.29, 1.82) is 0 Å². The monoisotopic (exact) mass is 393 g/mol. The number of carboxylic acid groups (broad SMARTS) is 1. The summed E-state index contributed by atoms with van der Waals surface area (Å²) in [5.41, 5.74) is 4.08. The zero-order valence-corrected chi connectivity index (χ0v) is 18.6. The van der Waals surface area contributed by atoms with E-state index in [0.29, 0.717) is 11.4 Å². The Morgan fingerprint density at radius 3 is 2.50 bits per heavy atom. The van der Waals surface area contributed by atoms with Crippen molar-refractivity contribution in [2.75, 3.05) is 5.32 Å². The molecule has 0 spiro atoms. The maximum absolute atomic E-state index is 11.6. The van der Waals surface area contributed by atoms with E-state index in [2.05, 4.69) is 5.32 Å². The molecule has 0 heterocycles. The molecule has 1 aliphatic carbocycles. The molecule has 0 atom stereocenters. The van der Waals surface area contributed by atoms with Crippen LogP contribution in [0.4, 0.5) is 5.69 Å². The molecule has 0 fully saturated rings. The first-order valence-electron chi connectivity index (χ1n) is 8.98. The number of nitrogens with one attached hydrogen (secondary N) is 1. The van der Waals surface area contributed by atoms with Crippen molar-refractivity contribution < 1.29 is 55.5 Å². The number of hydrogen-bond acceptors (Lipinski definition) is 4. The summed E-state index contributed by atoms with van der Waals surface area (Å²) >= 11 is 0. The van der Waals surface area contributed by atoms with E-state index in [1.54, 1.807) is 18.2 Å². The first kappa shape index (κ1) is 22.3. The molecule has 144 valence electrons. The molecule has 0 bridgehead atoms. The number of phenols is 1. The Kier molecular flexibility index (Phi) is 7.15. The average Bonchev–Trinajstić information content (AvgIpc) is 3.09. The van der Waals surface area contributed by atoms with Crippen LogP contribution in [-0.2, 0) is 22.4 Å². The number of carboxylic acids is 1. The summed E-state index contributed by atoms with van der Waals surface area (Å²) in [6.07, 6.45) is 2.48. The van der Waals surface area contributed by atoms with E-state index in [1.807, 2.05) is 26.8 Å². The van der Waals surface area contributed by atoms with E-state index < -0.39 is 11.9 Å². The maximum atomic E-state index is 11.6. The van der Waals surface area contributed by atoms with Gasteiger partial charge in [-0.3, -0.25) is 4.79 Å². The molecule has 0 unspecified atom stereocenters. The number of aryl methyl sites for hydroxylation is 1. The molecule has 7 heteroatoms. The Morgan fingerprint density at radius 2 is 1.86 bits per heavy atom. The van der Waals surface area contributed by atoms with Crippen molar-refractivity contribution in [3.8, 4) is 17.2 Å². The molecular formula is C21H24NNaO5. The van der Waals surface area contributed by atoms with Crippen molar-refractivity contribution in [2.45, 2.75) is 46.0 Å². The first-order chi connectivity index (χ1) is 12.8. The van der Waals surface area contributed by atoms with Crippen molar-refractivity contribution in [2.24, 2.45) is 0 Å². The second-order valence-corrected chi connectivity index (χ2v) is 7.12. The fourth-order valence-electron chi connectivity index (χ4n) is 3.50. The van der Waals surface area contributed by atoms with Crippen LogP contribution >= 0.6 is 0 Å². The molecule has 3 N–H and O–H groups in total. The quantitative estimate of drug-likeness (QED) is 0.537. The SMILES string of the molecule is Cc1cc(NC(=O)C(=O)O)c2c(c1Oc1ccc(O)c(C(C)C)c1)CCC2.[H-].[Na+]. The minimum Gasteiger partial charge on any atom is -1.00 e. The summed E-state index contributed by atoms with van der Waals surface area (Å²) in [5.74, 6) is -0.783. The van der Waals surface area contributed by atoms with Crippen LogP contribution in [0, 0.1) is 6.92 Å². The molecule has 1 aliphatic rings. The predicted molar refractivity (Wildman–Crippen MR) is 103 cm³/mol. The number of aromatic hydroxyl groups is 1. The smallest absolute Gasteiger partial charge is 1.00 e. The van der Waals surface area contributed by atoms with E-state index in [0.717, 1.165) is 47.3 Å². The molecule has 0 saturated heterocycles. The van der Waals surface area contributed by atoms with Crippen molar-refractivity contribution in [3.05, 3.63) is 46.5 Å². The number of carbonyl (C=O) groups is 2. The van der Waals surface area contributed by atoms with Crippen LogP contribution in [0.5, 0.6) is 17.2 Å². The summed E-state index contributed by atoms with van der Waals surface area (Å²) in [6, 6.07) is 6.94. The van der Waals surface area contributed by atoms with Gasteiger partial charge in [-0.25, -0.2) is 4.79 Å². The molecule has 0 aromatic heterocycles. The van der Waals surface area contributed by atoms with Gasteiger partial charge in [-0.1, -0.05) is 13.8 Å². The molecule has 0 saturated carbocycles. The molecule has 0 aliphatic heterocycles. The fraction of sp³-hybridized carbons (Fsp3) is 0.333. The number of hydrogen-bond donors (Lipinski definition) is 3. The Labute approximate surface area is 187 Å². The minimum absolute atomic E-state index is 0. The third kappa shape index (κ3) is 4.51. The molecule has 2 aromatic rings. The maximum Gasteiger partial charge on any atom is 1.00 e. The van der Waals surface area contributed by atoms with Gasteiger partial charge < -0.3 is 21.7 Å². The Bertz CT molecular complexity index is 930. The van der Waals surface area contributed by atoms with Crippen LogP contribution in [0.25, 0.3) is 0 Å². The number of benzene rings is 2. The largest absolute Gasteiger partial charge is 1.00 e. The second kappa shape index (κ2) is 8.99. The zero-order valence-electron chi connectivity index (χ0n) is 17.6. The third-order valence-electron chi connectivity index (χ3n) is 4.82. The standard InChI is InChI=1S/C21H23NO5.Na.H/c1-11(2)16-10-13(7-8-18(16)23)27-19-12(3)9-17(22-20(24)21(25)26)14-5-4-6-15(14)19;;/h7-11,23H,4-6H2,1-3H3,(H,22,24)(H,25,26);;/q;+1;-1. The van der Waals surface area contributed by atoms with Crippen LogP contribution in [0.2, 0.25) is 0 Å². The number of rotatable bonds is 4. The van der Waals surface area contributed by atoms with Crippen molar-refractivity contribution >= 4 is 17.6 Å². The van der Waals surface area contributed by atoms with Gasteiger partial charge >= 0.3 is 41.4 Å². The Balaban J connectivity index is 0.00000210. The van der Waals surface area contributed by atoms with Gasteiger partial charge in [0.1, 0.15) is 17.2 Å². The van der Waals surface area contributed by atoms with Gasteiger partial charge in [0.2, 0.25) is 0 Å². The van der Waals surface area contributed by atoms with Crippen LogP contribution in [0.1, 0.15) is 49.9 Å². The van der Waals surface area contributed by atoms with E-state index in [1.165, 1.54) is 0 Å². The average molecular weight is 393 g/mol. The van der Waals surface area contributed by atoms with Crippen molar-refractivity contribution in [3.63, 3.8) is 0 Å². The number of amides is 1. The molecule has 0 radical (unpaired) electrons. The third-order valence-corrected chi connectivity index (χ3v) is 4.82. The minimum atomic E-state index is -1.51. The number of ether oxygens (including phenoxy) is 1. The number of fused-ring (bicyclic) bond motifs is 1. The topological polar surface area (TPSA) is 95.9 Å². The summed E-state index contributed by atoms with van der Waals surface area (Å²) in [4.78, 5) is 22.4. The number of carbonyl (C=O) groups excluding carboxylic acids is 1. The summed E-state index contributed by atoms with van der Waals surface area (Å²) < 4.78 is 6.17. The van der Waals surface area contributed by atoms with Gasteiger partial charge in [0.25, 0.3) is 0 Å². The van der Waals surface area contributed by atoms with Gasteiger partial charge in [-0.05, 0) is 67.5 Å². The summed E-state index contributed by atoms with van der Waals surface area (Å²) in [7, 11) is 0. The van der Waals surface area contributed by atoms with Crippen LogP contribution < -0.4 is 39.6 Å². The fourth-order valence-corrected chi connectivity index (χ4v) is 3.50.